The van der Waals surface area contributed by atoms with Gasteiger partial charge in [0.2, 0.25) is 0 Å². The molecule has 1 saturated heterocycles. The first kappa shape index (κ1) is 25.2. The van der Waals surface area contributed by atoms with Crippen molar-refractivity contribution < 1.29 is 61.1 Å². The number of ether oxygens (including phenoxy) is 1. The van der Waals surface area contributed by atoms with Crippen LogP contribution in [-0.2, 0) is 36.4 Å². The molecule has 6 atom stereocenters. The summed E-state index contributed by atoms with van der Waals surface area (Å²) >= 11 is 1.86. The van der Waals surface area contributed by atoms with E-state index in [1.165, 1.54) is 6.08 Å². The van der Waals surface area contributed by atoms with Crippen LogP contribution in [0.3, 0.4) is 0 Å². The van der Waals surface area contributed by atoms with Crippen LogP contribution in [-0.4, -0.2) is 61.3 Å². The smallest absolute Gasteiger partial charge is 0.390 e. The van der Waals surface area contributed by atoms with Gasteiger partial charge in [0.1, 0.15) is 11.9 Å². The molecule has 15 nitrogen and oxygen atoms in total. The molecule has 1 amide bonds. The van der Waals surface area contributed by atoms with Crippen LogP contribution in [0.4, 0.5) is 0 Å². The largest absolute Gasteiger partial charge is 0.490 e. The topological polar surface area (TPSA) is 245 Å². The molecule has 2 aliphatic rings. The van der Waals surface area contributed by atoms with Crippen LogP contribution < -0.4 is 5.73 Å². The van der Waals surface area contributed by atoms with E-state index in [2.05, 4.69) is 18.1 Å². The van der Waals surface area contributed by atoms with Crippen molar-refractivity contribution in [2.75, 3.05) is 6.61 Å². The van der Waals surface area contributed by atoms with Crippen LogP contribution in [0, 0.1) is 5.92 Å². The summed E-state index contributed by atoms with van der Waals surface area (Å²) < 4.78 is 51.0. The highest BCUT2D eigenvalue weighted by Crippen LogP contribution is 2.66. The number of hydrogen-bond acceptors (Lipinski definition) is 10. The van der Waals surface area contributed by atoms with Gasteiger partial charge in [-0.2, -0.15) is 13.6 Å². The summed E-state index contributed by atoms with van der Waals surface area (Å²) in [4.78, 5) is 51.0. The predicted molar refractivity (Wildman–Crippen MR) is 101 cm³/mol. The first-order chi connectivity index (χ1) is 13.1. The Morgan fingerprint density at radius 2 is 1.83 bits per heavy atom. The van der Waals surface area contributed by atoms with Crippen molar-refractivity contribution in [3.63, 3.8) is 0 Å². The molecular formula is C10H16IN2O13P3. The van der Waals surface area contributed by atoms with Gasteiger partial charge in [-0.05, 0) is 22.6 Å². The van der Waals surface area contributed by atoms with Crippen molar-refractivity contribution in [3.8, 4) is 0 Å². The van der Waals surface area contributed by atoms with Crippen LogP contribution in [0.2, 0.25) is 0 Å². The quantitative estimate of drug-likeness (QED) is 0.156. The van der Waals surface area contributed by atoms with Crippen LogP contribution in [0.15, 0.2) is 14.6 Å². The molecule has 0 spiro atoms. The van der Waals surface area contributed by atoms with Crippen LogP contribution in [0.1, 0.15) is 6.42 Å². The number of dihydropyridines is 1. The molecule has 0 aromatic heterocycles. The second-order valence-electron chi connectivity index (χ2n) is 5.78. The molecule has 19 heteroatoms. The minimum absolute atomic E-state index is 0.0367. The Balaban J connectivity index is 1.96. The molecular weight excluding hydrogens is 576 g/mol. The van der Waals surface area contributed by atoms with Crippen molar-refractivity contribution in [1.29, 1.82) is 0 Å². The highest BCUT2D eigenvalue weighted by atomic mass is 127. The number of halogens is 1. The molecule has 0 saturated carbocycles. The molecule has 0 aliphatic carbocycles. The maximum absolute atomic E-state index is 12.0. The molecule has 2 rings (SSSR count). The number of aliphatic hydroxyl groups is 1. The van der Waals surface area contributed by atoms with Gasteiger partial charge in [0.15, 0.2) is 0 Å². The Morgan fingerprint density at radius 3 is 2.41 bits per heavy atom. The Labute approximate surface area is 176 Å². The van der Waals surface area contributed by atoms with Gasteiger partial charge in [0, 0.05) is 6.42 Å². The molecule has 0 radical (unpaired) electrons. The van der Waals surface area contributed by atoms with E-state index < -0.39 is 60.2 Å². The third kappa shape index (κ3) is 7.54. The number of hydrogen-bond donors (Lipinski definition) is 6. The molecule has 0 aromatic carbocycles. The number of nitrogens with zero attached hydrogens (tertiary/aromatic N) is 1. The zero-order valence-electron chi connectivity index (χ0n) is 14.0. The Hall–Kier alpha value is -0.0600. The van der Waals surface area contributed by atoms with Crippen LogP contribution in [0.5, 0.6) is 0 Å². The van der Waals surface area contributed by atoms with E-state index >= 15 is 0 Å². The lowest BCUT2D eigenvalue weighted by Crippen LogP contribution is -2.32. The van der Waals surface area contributed by atoms with Gasteiger partial charge in [-0.1, -0.05) is 6.08 Å². The van der Waals surface area contributed by atoms with Gasteiger partial charge >= 0.3 is 23.5 Å². The Morgan fingerprint density at radius 1 is 1.21 bits per heavy atom. The van der Waals surface area contributed by atoms with E-state index in [0.717, 1.165) is 0 Å². The lowest BCUT2D eigenvalue weighted by atomic mass is 9.96. The summed E-state index contributed by atoms with van der Waals surface area (Å²) in [5.41, 5.74) is 5.54. The number of aliphatic imine (C=N–C) groups is 1. The third-order valence-corrected chi connectivity index (χ3v) is 8.27. The zero-order valence-corrected chi connectivity index (χ0v) is 18.9. The minimum Gasteiger partial charge on any atom is -0.390 e. The monoisotopic (exact) mass is 592 g/mol. The zero-order chi connectivity index (χ0) is 22.2. The van der Waals surface area contributed by atoms with Gasteiger partial charge in [0.05, 0.1) is 28.3 Å². The summed E-state index contributed by atoms with van der Waals surface area (Å²) in [7, 11) is -16.5. The van der Waals surface area contributed by atoms with E-state index in [0.29, 0.717) is 3.58 Å². The number of rotatable bonds is 8. The third-order valence-electron chi connectivity index (χ3n) is 3.56. The van der Waals surface area contributed by atoms with Crippen LogP contribution >= 0.6 is 46.1 Å². The maximum Gasteiger partial charge on any atom is 0.490 e. The molecule has 0 bridgehead atoms. The SMILES string of the molecule is NC1=NC(=O)C(C2CC(O)C(COP(=O)(O)OP(=O)(O)OP(=O)(O)O)O2)C=C1I. The Kier molecular flexibility index (Phi) is 8.00. The highest BCUT2D eigenvalue weighted by Gasteiger charge is 2.44. The molecule has 0 aromatic rings. The fraction of sp³-hybridized carbons (Fsp3) is 0.600. The number of carbonyl (C=O) groups is 1. The number of phosphoric ester groups is 1. The minimum atomic E-state index is -5.65. The standard InChI is InChI=1S/C10H16IN2O13P3/c11-5-1-4(10(15)13-9(5)12)7-2-6(14)8(24-7)3-23-28(19,20)26-29(21,22)25-27(16,17)18/h1,4,6-8,14H,2-3H2,(H,19,20)(H,21,22)(H2,12,13,15)(H2,16,17,18). The summed E-state index contributed by atoms with van der Waals surface area (Å²) in [5.74, 6) is -1.43. The van der Waals surface area contributed by atoms with Crippen molar-refractivity contribution >= 4 is 57.8 Å². The lowest BCUT2D eigenvalue weighted by Gasteiger charge is -2.22. The number of amides is 1. The number of phosphoric acid groups is 3. The fourth-order valence-electron chi connectivity index (χ4n) is 2.44. The van der Waals surface area contributed by atoms with Gasteiger partial charge in [0.25, 0.3) is 5.91 Å². The van der Waals surface area contributed by atoms with Gasteiger partial charge in [-0.15, -0.1) is 0 Å². The number of amidine groups is 1. The number of aliphatic hydroxyl groups excluding tert-OH is 1. The van der Waals surface area contributed by atoms with Crippen molar-refractivity contribution in [2.45, 2.75) is 24.7 Å². The normalized spacial score (nSPS) is 32.3. The summed E-state index contributed by atoms with van der Waals surface area (Å²) in [6.07, 6.45) is -1.89. The molecule has 7 N–H and O–H groups in total. The van der Waals surface area contributed by atoms with Gasteiger partial charge < -0.3 is 35.2 Å². The maximum atomic E-state index is 12.0. The summed E-state index contributed by atoms with van der Waals surface area (Å²) in [6.45, 7) is -0.825. The number of carbonyl (C=O) groups excluding carboxylic acids is 1. The molecule has 6 unspecified atom stereocenters. The predicted octanol–water partition coefficient (Wildman–Crippen LogP) is -0.319. The summed E-state index contributed by atoms with van der Waals surface area (Å²) in [6, 6.07) is 0. The average Bonchev–Trinajstić information content (AvgIpc) is 2.86. The molecule has 2 aliphatic heterocycles. The highest BCUT2D eigenvalue weighted by molar-refractivity contribution is 14.1. The van der Waals surface area contributed by atoms with Crippen molar-refractivity contribution in [1.82, 2.24) is 0 Å². The first-order valence-electron chi connectivity index (χ1n) is 7.46. The number of nitrogens with two attached hydrogens (primary N) is 1. The lowest BCUT2D eigenvalue weighted by molar-refractivity contribution is -0.125. The van der Waals surface area contributed by atoms with E-state index in [-0.39, 0.29) is 12.3 Å². The van der Waals surface area contributed by atoms with E-state index in [1.54, 1.807) is 0 Å². The second-order valence-corrected chi connectivity index (χ2v) is 11.4. The average molecular weight is 592 g/mol. The first-order valence-corrected chi connectivity index (χ1v) is 13.1. The molecule has 1 fully saturated rings. The van der Waals surface area contributed by atoms with Crippen molar-refractivity contribution in [3.05, 3.63) is 9.66 Å². The van der Waals surface area contributed by atoms with E-state index in [4.69, 9.17) is 25.2 Å². The molecule has 29 heavy (non-hydrogen) atoms. The molecule has 166 valence electrons. The Bertz CT molecular complexity index is 871. The van der Waals surface area contributed by atoms with Gasteiger partial charge in [-0.25, -0.2) is 13.7 Å². The summed E-state index contributed by atoms with van der Waals surface area (Å²) in [5, 5.41) is 10.0. The van der Waals surface area contributed by atoms with Crippen molar-refractivity contribution in [2.24, 2.45) is 16.6 Å². The van der Waals surface area contributed by atoms with Gasteiger partial charge in [-0.3, -0.25) is 9.32 Å². The second kappa shape index (κ2) is 9.20. The fourth-order valence-corrected chi connectivity index (χ4v) is 5.98. The van der Waals surface area contributed by atoms with E-state index in [9.17, 15) is 28.5 Å². The molecule has 2 heterocycles. The van der Waals surface area contributed by atoms with E-state index in [1.807, 2.05) is 22.6 Å². The van der Waals surface area contributed by atoms with Crippen LogP contribution in [0.25, 0.3) is 0 Å².